The standard InChI is InChI=1S/C36H43Cl2N3O2/c1-27-10-9-20-41(25-27)35(43)36(31-13-7-4-8-14-31)18-22-40(23-19-36)21-17-30(29-15-16-32(37)33(38)24-29)26-39(2)34(42)28-11-5-3-6-12-28/h3-8,11-16,24,27,30H,9-10,17-23,25-26H2,1-2H3. The van der Waals surface area contributed by atoms with E-state index in [0.29, 0.717) is 34.0 Å². The lowest BCUT2D eigenvalue weighted by Gasteiger charge is -2.45. The summed E-state index contributed by atoms with van der Waals surface area (Å²) in [6, 6.07) is 25.6. The van der Waals surface area contributed by atoms with Crippen molar-refractivity contribution in [1.82, 2.24) is 14.7 Å². The van der Waals surface area contributed by atoms with Crippen molar-refractivity contribution in [3.8, 4) is 0 Å². The fraction of sp³-hybridized carbons (Fsp3) is 0.444. The molecule has 2 heterocycles. The molecule has 0 aromatic heterocycles. The van der Waals surface area contributed by atoms with Crippen molar-refractivity contribution in [2.24, 2.45) is 5.92 Å². The van der Waals surface area contributed by atoms with E-state index in [0.717, 1.165) is 69.5 Å². The van der Waals surface area contributed by atoms with Crippen LogP contribution in [0.5, 0.6) is 0 Å². The molecule has 2 fully saturated rings. The SMILES string of the molecule is CC1CCCN(C(=O)C2(c3ccccc3)CCN(CCC(CN(C)C(=O)c3ccccc3)c3ccc(Cl)c(Cl)c3)CC2)C1. The minimum Gasteiger partial charge on any atom is -0.342 e. The fourth-order valence-corrected chi connectivity index (χ4v) is 7.21. The lowest BCUT2D eigenvalue weighted by Crippen LogP contribution is -2.54. The third kappa shape index (κ3) is 7.45. The van der Waals surface area contributed by atoms with Crippen LogP contribution in [-0.2, 0) is 10.2 Å². The van der Waals surface area contributed by atoms with Crippen LogP contribution in [0.1, 0.15) is 66.4 Å². The smallest absolute Gasteiger partial charge is 0.253 e. The van der Waals surface area contributed by atoms with E-state index in [1.807, 2.05) is 61.6 Å². The number of likely N-dealkylation sites (N-methyl/N-ethyl adjacent to an activating group) is 1. The molecule has 2 amide bonds. The van der Waals surface area contributed by atoms with E-state index in [-0.39, 0.29) is 11.8 Å². The maximum atomic E-state index is 14.2. The fourth-order valence-electron chi connectivity index (χ4n) is 6.90. The van der Waals surface area contributed by atoms with Crippen LogP contribution >= 0.6 is 23.2 Å². The molecule has 2 atom stereocenters. The van der Waals surface area contributed by atoms with Crippen molar-refractivity contribution < 1.29 is 9.59 Å². The lowest BCUT2D eigenvalue weighted by molar-refractivity contribution is -0.141. The second kappa shape index (κ2) is 14.3. The number of benzene rings is 3. The van der Waals surface area contributed by atoms with Gasteiger partial charge in [0.2, 0.25) is 5.91 Å². The molecule has 0 bridgehead atoms. The molecule has 7 heteroatoms. The number of hydrogen-bond donors (Lipinski definition) is 0. The van der Waals surface area contributed by atoms with Crippen LogP contribution in [0.15, 0.2) is 78.9 Å². The zero-order chi connectivity index (χ0) is 30.4. The molecule has 0 spiro atoms. The van der Waals surface area contributed by atoms with Gasteiger partial charge in [-0.2, -0.15) is 0 Å². The zero-order valence-electron chi connectivity index (χ0n) is 25.4. The average Bonchev–Trinajstić information content (AvgIpc) is 3.04. The van der Waals surface area contributed by atoms with Crippen molar-refractivity contribution in [2.75, 3.05) is 46.3 Å². The molecule has 3 aromatic carbocycles. The third-order valence-corrected chi connectivity index (χ3v) is 10.2. The zero-order valence-corrected chi connectivity index (χ0v) is 26.9. The summed E-state index contributed by atoms with van der Waals surface area (Å²) < 4.78 is 0. The van der Waals surface area contributed by atoms with E-state index in [1.165, 1.54) is 6.42 Å². The summed E-state index contributed by atoms with van der Waals surface area (Å²) in [5.74, 6) is 0.946. The summed E-state index contributed by atoms with van der Waals surface area (Å²) in [6.07, 6.45) is 4.76. The maximum Gasteiger partial charge on any atom is 0.253 e. The Bertz CT molecular complexity index is 1380. The molecule has 0 saturated carbocycles. The first-order valence-electron chi connectivity index (χ1n) is 15.6. The summed E-state index contributed by atoms with van der Waals surface area (Å²) in [4.78, 5) is 33.8. The summed E-state index contributed by atoms with van der Waals surface area (Å²) in [7, 11) is 1.86. The largest absolute Gasteiger partial charge is 0.342 e. The van der Waals surface area contributed by atoms with E-state index in [4.69, 9.17) is 23.2 Å². The highest BCUT2D eigenvalue weighted by molar-refractivity contribution is 6.42. The van der Waals surface area contributed by atoms with Crippen LogP contribution in [0.3, 0.4) is 0 Å². The summed E-state index contributed by atoms with van der Waals surface area (Å²) >= 11 is 12.7. The van der Waals surface area contributed by atoms with Crippen molar-refractivity contribution >= 4 is 35.0 Å². The summed E-state index contributed by atoms with van der Waals surface area (Å²) in [5.41, 5.74) is 2.43. The van der Waals surface area contributed by atoms with Gasteiger partial charge in [-0.1, -0.05) is 84.7 Å². The molecule has 2 unspecified atom stereocenters. The monoisotopic (exact) mass is 619 g/mol. The van der Waals surface area contributed by atoms with Gasteiger partial charge >= 0.3 is 0 Å². The van der Waals surface area contributed by atoms with Crippen molar-refractivity contribution in [3.05, 3.63) is 106 Å². The van der Waals surface area contributed by atoms with Gasteiger partial charge in [0.15, 0.2) is 0 Å². The van der Waals surface area contributed by atoms with E-state index in [1.54, 1.807) is 4.90 Å². The van der Waals surface area contributed by atoms with Crippen molar-refractivity contribution in [3.63, 3.8) is 0 Å². The molecule has 0 aliphatic carbocycles. The molecule has 3 aromatic rings. The Morgan fingerprint density at radius 1 is 0.930 bits per heavy atom. The second-order valence-corrected chi connectivity index (χ2v) is 13.3. The van der Waals surface area contributed by atoms with Crippen LogP contribution in [0.2, 0.25) is 10.0 Å². The van der Waals surface area contributed by atoms with Crippen molar-refractivity contribution in [2.45, 2.75) is 50.4 Å². The maximum absolute atomic E-state index is 14.2. The molecule has 0 N–H and O–H groups in total. The van der Waals surface area contributed by atoms with Gasteiger partial charge in [-0.05, 0) is 93.0 Å². The number of carbonyl (C=O) groups excluding carboxylic acids is 2. The van der Waals surface area contributed by atoms with Crippen LogP contribution in [-0.4, -0.2) is 72.8 Å². The van der Waals surface area contributed by atoms with E-state index in [9.17, 15) is 9.59 Å². The molecular weight excluding hydrogens is 577 g/mol. The number of likely N-dealkylation sites (tertiary alicyclic amines) is 2. The Balaban J connectivity index is 1.29. The molecule has 43 heavy (non-hydrogen) atoms. The number of piperidine rings is 2. The Morgan fingerprint density at radius 2 is 1.60 bits per heavy atom. The van der Waals surface area contributed by atoms with Gasteiger partial charge < -0.3 is 14.7 Å². The number of halogens is 2. The molecule has 2 aliphatic rings. The summed E-state index contributed by atoms with van der Waals surface area (Å²) in [5, 5.41) is 1.05. The van der Waals surface area contributed by atoms with Gasteiger partial charge in [-0.3, -0.25) is 9.59 Å². The number of hydrogen-bond acceptors (Lipinski definition) is 3. The molecule has 0 radical (unpaired) electrons. The van der Waals surface area contributed by atoms with Crippen LogP contribution < -0.4 is 0 Å². The molecule has 228 valence electrons. The Morgan fingerprint density at radius 3 is 2.26 bits per heavy atom. The quantitative estimate of drug-likeness (QED) is 0.249. The number of carbonyl (C=O) groups is 2. The van der Waals surface area contributed by atoms with Gasteiger partial charge in [0, 0.05) is 38.2 Å². The minimum absolute atomic E-state index is 0.00169. The first kappa shape index (κ1) is 31.6. The predicted octanol–water partition coefficient (Wildman–Crippen LogP) is 7.53. The highest BCUT2D eigenvalue weighted by atomic mass is 35.5. The lowest BCUT2D eigenvalue weighted by atomic mass is 9.71. The van der Waals surface area contributed by atoms with Gasteiger partial charge in [0.05, 0.1) is 15.5 Å². The summed E-state index contributed by atoms with van der Waals surface area (Å²) in [6.45, 7) is 7.14. The molecule has 5 rings (SSSR count). The Hall–Kier alpha value is -2.86. The topological polar surface area (TPSA) is 43.9 Å². The second-order valence-electron chi connectivity index (χ2n) is 12.5. The first-order valence-corrected chi connectivity index (χ1v) is 16.3. The highest BCUT2D eigenvalue weighted by Crippen LogP contribution is 2.39. The van der Waals surface area contributed by atoms with E-state index < -0.39 is 5.41 Å². The average molecular weight is 621 g/mol. The van der Waals surface area contributed by atoms with Crippen LogP contribution in [0, 0.1) is 5.92 Å². The molecule has 2 saturated heterocycles. The number of rotatable bonds is 9. The molecule has 5 nitrogen and oxygen atoms in total. The van der Waals surface area contributed by atoms with Gasteiger partial charge in [0.1, 0.15) is 0 Å². The highest BCUT2D eigenvalue weighted by Gasteiger charge is 2.45. The van der Waals surface area contributed by atoms with Gasteiger partial charge in [0.25, 0.3) is 5.91 Å². The Labute approximate surface area is 266 Å². The molecule has 2 aliphatic heterocycles. The third-order valence-electron chi connectivity index (χ3n) is 9.46. The van der Waals surface area contributed by atoms with E-state index in [2.05, 4.69) is 41.0 Å². The van der Waals surface area contributed by atoms with Crippen LogP contribution in [0.4, 0.5) is 0 Å². The van der Waals surface area contributed by atoms with Crippen LogP contribution in [0.25, 0.3) is 0 Å². The van der Waals surface area contributed by atoms with E-state index >= 15 is 0 Å². The van der Waals surface area contributed by atoms with Gasteiger partial charge in [-0.15, -0.1) is 0 Å². The minimum atomic E-state index is -0.472. The Kier molecular flexibility index (Phi) is 10.5. The van der Waals surface area contributed by atoms with Gasteiger partial charge in [-0.25, -0.2) is 0 Å². The number of amides is 2. The number of nitrogens with zero attached hydrogens (tertiary/aromatic N) is 3. The van der Waals surface area contributed by atoms with Crippen molar-refractivity contribution in [1.29, 1.82) is 0 Å². The first-order chi connectivity index (χ1) is 20.8. The normalized spacial score (nSPS) is 19.5. The predicted molar refractivity (Wildman–Crippen MR) is 176 cm³/mol. The molecular formula is C36H43Cl2N3O2.